The third-order valence-corrected chi connectivity index (χ3v) is 6.44. The van der Waals surface area contributed by atoms with E-state index in [1.807, 2.05) is 24.5 Å². The predicted octanol–water partition coefficient (Wildman–Crippen LogP) is 8.81. The van der Waals surface area contributed by atoms with Gasteiger partial charge in [-0.25, -0.2) is 9.97 Å². The molecule has 0 spiro atoms. The summed E-state index contributed by atoms with van der Waals surface area (Å²) in [7, 11) is 0. The fraction of sp³-hybridized carbons (Fsp3) is 0.655. The quantitative estimate of drug-likeness (QED) is 0.218. The number of ether oxygens (including phenoxy) is 1. The van der Waals surface area contributed by atoms with E-state index in [4.69, 9.17) is 4.74 Å². The third-order valence-electron chi connectivity index (χ3n) is 6.44. The molecule has 0 saturated carbocycles. The summed E-state index contributed by atoms with van der Waals surface area (Å²) in [6.07, 6.45) is 22.3. The second-order valence-corrected chi connectivity index (χ2v) is 9.38. The van der Waals surface area contributed by atoms with Crippen LogP contribution < -0.4 is 4.74 Å². The fourth-order valence-electron chi connectivity index (χ4n) is 3.96. The van der Waals surface area contributed by atoms with Gasteiger partial charge in [0.05, 0.1) is 6.61 Å². The molecule has 0 aliphatic rings. The van der Waals surface area contributed by atoms with Crippen molar-refractivity contribution in [3.05, 3.63) is 42.2 Å². The molecule has 2 rings (SSSR count). The van der Waals surface area contributed by atoms with Crippen LogP contribution in [0.3, 0.4) is 0 Å². The molecule has 178 valence electrons. The Balaban J connectivity index is 1.62. The minimum Gasteiger partial charge on any atom is -0.494 e. The number of aromatic nitrogens is 2. The van der Waals surface area contributed by atoms with E-state index in [1.165, 1.54) is 82.6 Å². The predicted molar refractivity (Wildman–Crippen MR) is 137 cm³/mol. The molecule has 0 saturated heterocycles. The second kappa shape index (κ2) is 16.7. The lowest BCUT2D eigenvalue weighted by Gasteiger charge is -2.09. The van der Waals surface area contributed by atoms with Gasteiger partial charge in [-0.3, -0.25) is 0 Å². The van der Waals surface area contributed by atoms with Crippen LogP contribution >= 0.6 is 0 Å². The molecule has 2 aromatic rings. The maximum Gasteiger partial charge on any atom is 0.159 e. The molecule has 0 unspecified atom stereocenters. The average molecular weight is 439 g/mol. The van der Waals surface area contributed by atoms with Crippen LogP contribution in [0.1, 0.15) is 110 Å². The van der Waals surface area contributed by atoms with Crippen LogP contribution in [0.2, 0.25) is 0 Å². The normalized spacial score (nSPS) is 12.1. The zero-order chi connectivity index (χ0) is 22.9. The molecule has 0 aliphatic carbocycles. The molecule has 1 atom stereocenters. The van der Waals surface area contributed by atoms with Gasteiger partial charge in [0.25, 0.3) is 0 Å². The number of hydrogen-bond acceptors (Lipinski definition) is 3. The molecule has 0 radical (unpaired) electrons. The largest absolute Gasteiger partial charge is 0.494 e. The molecule has 0 amide bonds. The van der Waals surface area contributed by atoms with Crippen molar-refractivity contribution in [2.24, 2.45) is 5.92 Å². The van der Waals surface area contributed by atoms with E-state index in [2.05, 4.69) is 42.9 Å². The summed E-state index contributed by atoms with van der Waals surface area (Å²) in [5, 5.41) is 0. The Kier molecular flexibility index (Phi) is 13.7. The van der Waals surface area contributed by atoms with Gasteiger partial charge in [-0.15, -0.1) is 0 Å². The molecule has 1 aromatic carbocycles. The van der Waals surface area contributed by atoms with Gasteiger partial charge >= 0.3 is 0 Å². The van der Waals surface area contributed by atoms with Crippen LogP contribution in [0.4, 0.5) is 0 Å². The van der Waals surface area contributed by atoms with Gasteiger partial charge in [0, 0.05) is 18.0 Å². The highest BCUT2D eigenvalue weighted by Crippen LogP contribution is 2.20. The lowest BCUT2D eigenvalue weighted by atomic mass is 10.0. The van der Waals surface area contributed by atoms with Crippen molar-refractivity contribution in [2.75, 3.05) is 6.61 Å². The lowest BCUT2D eigenvalue weighted by molar-refractivity contribution is 0.300. The average Bonchev–Trinajstić information content (AvgIpc) is 2.83. The van der Waals surface area contributed by atoms with Gasteiger partial charge in [0.2, 0.25) is 0 Å². The first kappa shape index (κ1) is 26.4. The summed E-state index contributed by atoms with van der Waals surface area (Å²) in [5.41, 5.74) is 2.29. The first-order chi connectivity index (χ1) is 15.7. The Labute approximate surface area is 197 Å². The minimum absolute atomic E-state index is 0.792. The number of nitrogens with zero attached hydrogens (tertiary/aromatic N) is 2. The summed E-state index contributed by atoms with van der Waals surface area (Å²) in [6, 6.07) is 8.18. The Morgan fingerprint density at radius 2 is 1.38 bits per heavy atom. The highest BCUT2D eigenvalue weighted by Gasteiger charge is 2.04. The van der Waals surface area contributed by atoms with Crippen molar-refractivity contribution in [2.45, 2.75) is 111 Å². The van der Waals surface area contributed by atoms with Crippen LogP contribution in [-0.4, -0.2) is 16.6 Å². The van der Waals surface area contributed by atoms with Crippen molar-refractivity contribution in [3.8, 4) is 17.1 Å². The first-order valence-corrected chi connectivity index (χ1v) is 13.3. The van der Waals surface area contributed by atoms with E-state index < -0.39 is 0 Å². The molecule has 3 heteroatoms. The summed E-state index contributed by atoms with van der Waals surface area (Å²) in [4.78, 5) is 9.19. The summed E-state index contributed by atoms with van der Waals surface area (Å²) in [5.74, 6) is 2.55. The molecule has 1 aromatic heterocycles. The van der Waals surface area contributed by atoms with E-state index in [-0.39, 0.29) is 0 Å². The Hall–Kier alpha value is -1.90. The van der Waals surface area contributed by atoms with Crippen molar-refractivity contribution in [1.29, 1.82) is 0 Å². The maximum atomic E-state index is 5.89. The Morgan fingerprint density at radius 1 is 0.750 bits per heavy atom. The van der Waals surface area contributed by atoms with Crippen LogP contribution in [0.15, 0.2) is 36.7 Å². The first-order valence-electron chi connectivity index (χ1n) is 13.3. The number of benzene rings is 1. The SMILES string of the molecule is CCCCCCCCCCCc1cnc(-c2ccc(OCCCC[C@@H](C)CC)cc2)nc1. The Bertz CT molecular complexity index is 696. The summed E-state index contributed by atoms with van der Waals surface area (Å²) < 4.78 is 5.89. The highest BCUT2D eigenvalue weighted by molar-refractivity contribution is 5.55. The monoisotopic (exact) mass is 438 g/mol. The molecule has 3 nitrogen and oxygen atoms in total. The standard InChI is InChI=1S/C29H46N2O/c1-4-6-7-8-9-10-11-12-13-17-26-23-30-29(31-24-26)27-18-20-28(21-19-27)32-22-15-14-16-25(3)5-2/h18-21,23-25H,4-17,22H2,1-3H3/t25-/m0/s1. The second-order valence-electron chi connectivity index (χ2n) is 9.38. The van der Waals surface area contributed by atoms with Gasteiger partial charge in [-0.1, -0.05) is 85.0 Å². The summed E-state index contributed by atoms with van der Waals surface area (Å²) >= 11 is 0. The van der Waals surface area contributed by atoms with Crippen molar-refractivity contribution in [3.63, 3.8) is 0 Å². The minimum atomic E-state index is 0.792. The third kappa shape index (κ3) is 11.1. The van der Waals surface area contributed by atoms with E-state index in [9.17, 15) is 0 Å². The maximum absolute atomic E-state index is 5.89. The van der Waals surface area contributed by atoms with Crippen molar-refractivity contribution >= 4 is 0 Å². The number of aryl methyl sites for hydroxylation is 1. The molecule has 1 heterocycles. The zero-order valence-corrected chi connectivity index (χ0v) is 21.0. The van der Waals surface area contributed by atoms with Crippen LogP contribution in [0.25, 0.3) is 11.4 Å². The van der Waals surface area contributed by atoms with E-state index in [0.29, 0.717) is 0 Å². The molecule has 0 bridgehead atoms. The van der Waals surface area contributed by atoms with Gasteiger partial charge in [-0.05, 0) is 61.4 Å². The highest BCUT2D eigenvalue weighted by atomic mass is 16.5. The molecule has 0 N–H and O–H groups in total. The van der Waals surface area contributed by atoms with Gasteiger partial charge in [-0.2, -0.15) is 0 Å². The van der Waals surface area contributed by atoms with E-state index in [0.717, 1.165) is 42.5 Å². The molecule has 32 heavy (non-hydrogen) atoms. The van der Waals surface area contributed by atoms with Crippen molar-refractivity contribution in [1.82, 2.24) is 9.97 Å². The molecule has 0 fully saturated rings. The van der Waals surface area contributed by atoms with Crippen LogP contribution in [-0.2, 0) is 6.42 Å². The Morgan fingerprint density at radius 3 is 2.00 bits per heavy atom. The molecular formula is C29H46N2O. The van der Waals surface area contributed by atoms with Gasteiger partial charge < -0.3 is 4.74 Å². The smallest absolute Gasteiger partial charge is 0.159 e. The summed E-state index contributed by atoms with van der Waals surface area (Å²) in [6.45, 7) is 7.66. The lowest BCUT2D eigenvalue weighted by Crippen LogP contribution is -1.99. The topological polar surface area (TPSA) is 35.0 Å². The zero-order valence-electron chi connectivity index (χ0n) is 21.0. The molecular weight excluding hydrogens is 392 g/mol. The number of rotatable bonds is 18. The number of unbranched alkanes of at least 4 members (excludes halogenated alkanes) is 9. The van der Waals surface area contributed by atoms with Crippen LogP contribution in [0, 0.1) is 5.92 Å². The van der Waals surface area contributed by atoms with Gasteiger partial charge in [0.15, 0.2) is 5.82 Å². The van der Waals surface area contributed by atoms with Crippen LogP contribution in [0.5, 0.6) is 5.75 Å². The van der Waals surface area contributed by atoms with Gasteiger partial charge in [0.1, 0.15) is 5.75 Å². The fourth-order valence-corrected chi connectivity index (χ4v) is 3.96. The van der Waals surface area contributed by atoms with E-state index in [1.54, 1.807) is 0 Å². The van der Waals surface area contributed by atoms with Crippen molar-refractivity contribution < 1.29 is 4.74 Å². The number of hydrogen-bond donors (Lipinski definition) is 0. The van der Waals surface area contributed by atoms with E-state index >= 15 is 0 Å². The molecule has 0 aliphatic heterocycles.